The second-order valence-corrected chi connectivity index (χ2v) is 4.43. The van der Waals surface area contributed by atoms with Gasteiger partial charge in [0, 0.05) is 24.0 Å². The number of carbonyl (C=O) groups excluding carboxylic acids is 1. The van der Waals surface area contributed by atoms with Gasteiger partial charge in [0.1, 0.15) is 6.04 Å². The number of aromatic nitrogens is 2. The summed E-state index contributed by atoms with van der Waals surface area (Å²) < 4.78 is 0. The fourth-order valence-corrected chi connectivity index (χ4v) is 1.67. The fourth-order valence-electron chi connectivity index (χ4n) is 1.67. The molecule has 0 bridgehead atoms. The molecule has 0 saturated heterocycles. The minimum absolute atomic E-state index is 0.00949. The highest BCUT2D eigenvalue weighted by molar-refractivity contribution is 5.84. The quantitative estimate of drug-likeness (QED) is 0.790. The number of nitrogens with one attached hydrogen (secondary N) is 1. The first-order valence-electron chi connectivity index (χ1n) is 5.79. The third-order valence-electron chi connectivity index (χ3n) is 3.11. The molecule has 0 aliphatic rings. The maximum Gasteiger partial charge on any atom is 0.345 e. The third-order valence-corrected chi connectivity index (χ3v) is 3.11. The molecule has 2 N–H and O–H groups in total. The number of hydrogen-bond acceptors (Lipinski definition) is 4. The highest BCUT2D eigenvalue weighted by atomic mass is 16.4. The van der Waals surface area contributed by atoms with Gasteiger partial charge in [0.05, 0.1) is 6.42 Å². The zero-order valence-electron chi connectivity index (χ0n) is 11.4. The molecule has 0 aromatic carbocycles. The number of aryl methyl sites for hydroxylation is 2. The van der Waals surface area contributed by atoms with Gasteiger partial charge in [0.2, 0.25) is 5.91 Å². The Morgan fingerprint density at radius 3 is 2.47 bits per heavy atom. The Kier molecular flexibility index (Phi) is 4.42. The van der Waals surface area contributed by atoms with Gasteiger partial charge in [-0.25, -0.2) is 9.59 Å². The molecular weight excluding hydrogens is 250 g/mol. The van der Waals surface area contributed by atoms with Crippen molar-refractivity contribution in [3.05, 3.63) is 27.4 Å². The summed E-state index contributed by atoms with van der Waals surface area (Å²) in [5.74, 6) is -1.40. The molecule has 0 spiro atoms. The van der Waals surface area contributed by atoms with Gasteiger partial charge < -0.3 is 15.0 Å². The number of carboxylic acid groups (broad SMARTS) is 1. The molecule has 7 heteroatoms. The van der Waals surface area contributed by atoms with E-state index in [-0.39, 0.29) is 12.3 Å². The lowest BCUT2D eigenvalue weighted by Gasteiger charge is -2.22. The van der Waals surface area contributed by atoms with Crippen LogP contribution in [0.5, 0.6) is 0 Å². The van der Waals surface area contributed by atoms with Crippen molar-refractivity contribution in [2.45, 2.75) is 33.2 Å². The van der Waals surface area contributed by atoms with Crippen molar-refractivity contribution in [3.63, 3.8) is 0 Å². The number of nitrogens with zero attached hydrogens (tertiary/aromatic N) is 2. The molecule has 0 aliphatic carbocycles. The number of likely N-dealkylation sites (N-methyl/N-ethyl adjacent to an activating group) is 1. The van der Waals surface area contributed by atoms with Gasteiger partial charge in [0.15, 0.2) is 0 Å². The number of rotatable bonds is 4. The Morgan fingerprint density at radius 2 is 2.00 bits per heavy atom. The van der Waals surface area contributed by atoms with E-state index >= 15 is 0 Å². The highest BCUT2D eigenvalue weighted by Gasteiger charge is 2.22. The van der Waals surface area contributed by atoms with E-state index in [4.69, 9.17) is 5.11 Å². The van der Waals surface area contributed by atoms with E-state index in [1.165, 1.54) is 14.0 Å². The van der Waals surface area contributed by atoms with Crippen LogP contribution in [0.4, 0.5) is 0 Å². The minimum atomic E-state index is -1.07. The Bertz CT molecular complexity index is 538. The zero-order chi connectivity index (χ0) is 14.7. The van der Waals surface area contributed by atoms with E-state index in [0.29, 0.717) is 17.0 Å². The Balaban J connectivity index is 2.95. The van der Waals surface area contributed by atoms with Gasteiger partial charge in [-0.3, -0.25) is 4.79 Å². The summed E-state index contributed by atoms with van der Waals surface area (Å²) in [5.41, 5.74) is 1.21. The lowest BCUT2D eigenvalue weighted by Crippen LogP contribution is -2.41. The Morgan fingerprint density at radius 1 is 1.42 bits per heavy atom. The van der Waals surface area contributed by atoms with E-state index in [9.17, 15) is 14.4 Å². The number of aromatic amines is 1. The van der Waals surface area contributed by atoms with Gasteiger partial charge in [-0.15, -0.1) is 0 Å². The van der Waals surface area contributed by atoms with E-state index in [2.05, 4.69) is 9.97 Å². The lowest BCUT2D eigenvalue weighted by molar-refractivity contribution is -0.148. The van der Waals surface area contributed by atoms with Crippen LogP contribution in [0.2, 0.25) is 0 Å². The first kappa shape index (κ1) is 14.9. The standard InChI is InChI=1S/C12H17N3O4/c1-6-9(7(2)14-12(19)13-6)5-10(16)15(4)8(3)11(17)18/h8H,5H2,1-4H3,(H,17,18)(H,13,14,19). The smallest absolute Gasteiger partial charge is 0.345 e. The van der Waals surface area contributed by atoms with E-state index < -0.39 is 17.7 Å². The minimum Gasteiger partial charge on any atom is -0.480 e. The van der Waals surface area contributed by atoms with Crippen LogP contribution in [0.25, 0.3) is 0 Å². The zero-order valence-corrected chi connectivity index (χ0v) is 11.4. The molecule has 1 aromatic heterocycles. The molecule has 1 rings (SSSR count). The summed E-state index contributed by atoms with van der Waals surface area (Å²) in [7, 11) is 1.44. The van der Waals surface area contributed by atoms with Crippen LogP contribution in [-0.4, -0.2) is 44.9 Å². The van der Waals surface area contributed by atoms with Gasteiger partial charge in [0.25, 0.3) is 0 Å². The van der Waals surface area contributed by atoms with Gasteiger partial charge >= 0.3 is 11.7 Å². The first-order valence-corrected chi connectivity index (χ1v) is 5.79. The highest BCUT2D eigenvalue weighted by Crippen LogP contribution is 2.10. The van der Waals surface area contributed by atoms with Crippen LogP contribution in [0.3, 0.4) is 0 Å². The molecule has 19 heavy (non-hydrogen) atoms. The number of carbonyl (C=O) groups is 2. The average molecular weight is 267 g/mol. The predicted octanol–water partition coefficient (Wildman–Crippen LogP) is -0.139. The van der Waals surface area contributed by atoms with Crippen LogP contribution in [0, 0.1) is 13.8 Å². The molecule has 1 aromatic rings. The van der Waals surface area contributed by atoms with E-state index in [1.807, 2.05) is 0 Å². The lowest BCUT2D eigenvalue weighted by atomic mass is 10.1. The summed E-state index contributed by atoms with van der Waals surface area (Å²) >= 11 is 0. The van der Waals surface area contributed by atoms with Crippen LogP contribution >= 0.6 is 0 Å². The summed E-state index contributed by atoms with van der Waals surface area (Å²) in [4.78, 5) is 41.4. The molecule has 1 unspecified atom stereocenters. The third kappa shape index (κ3) is 3.40. The fraction of sp³-hybridized carbons (Fsp3) is 0.500. The molecule has 0 aliphatic heterocycles. The van der Waals surface area contributed by atoms with Crippen molar-refractivity contribution in [3.8, 4) is 0 Å². The molecule has 0 saturated carbocycles. The van der Waals surface area contributed by atoms with Crippen molar-refractivity contribution in [2.75, 3.05) is 7.05 Å². The number of H-pyrrole nitrogens is 1. The topological polar surface area (TPSA) is 103 Å². The molecule has 1 amide bonds. The van der Waals surface area contributed by atoms with E-state index in [0.717, 1.165) is 4.90 Å². The molecule has 1 atom stereocenters. The normalized spacial score (nSPS) is 12.0. The summed E-state index contributed by atoms with van der Waals surface area (Å²) in [6.07, 6.45) is 0.00949. The second-order valence-electron chi connectivity index (χ2n) is 4.43. The second kappa shape index (κ2) is 5.64. The van der Waals surface area contributed by atoms with Crippen LogP contribution in [0.15, 0.2) is 4.79 Å². The van der Waals surface area contributed by atoms with Crippen LogP contribution in [-0.2, 0) is 16.0 Å². The van der Waals surface area contributed by atoms with Crippen molar-refractivity contribution in [1.29, 1.82) is 0 Å². The maximum atomic E-state index is 12.0. The van der Waals surface area contributed by atoms with Gasteiger partial charge in [-0.05, 0) is 20.8 Å². The molecule has 1 heterocycles. The van der Waals surface area contributed by atoms with Crippen molar-refractivity contribution in [2.24, 2.45) is 0 Å². The molecule has 0 radical (unpaired) electrons. The summed E-state index contributed by atoms with van der Waals surface area (Å²) in [5, 5.41) is 8.86. The number of aliphatic carboxylic acids is 1. The van der Waals surface area contributed by atoms with Crippen LogP contribution < -0.4 is 5.69 Å². The molecular formula is C12H17N3O4. The largest absolute Gasteiger partial charge is 0.480 e. The summed E-state index contributed by atoms with van der Waals surface area (Å²) in [6, 6.07) is -0.899. The average Bonchev–Trinajstić information content (AvgIpc) is 2.31. The van der Waals surface area contributed by atoms with Gasteiger partial charge in [-0.1, -0.05) is 0 Å². The van der Waals surface area contributed by atoms with Crippen molar-refractivity contribution < 1.29 is 14.7 Å². The maximum absolute atomic E-state index is 12.0. The number of amides is 1. The number of hydrogen-bond donors (Lipinski definition) is 2. The molecule has 104 valence electrons. The monoisotopic (exact) mass is 267 g/mol. The van der Waals surface area contributed by atoms with E-state index in [1.54, 1.807) is 13.8 Å². The Labute approximate surface area is 110 Å². The van der Waals surface area contributed by atoms with Crippen LogP contribution in [0.1, 0.15) is 23.9 Å². The molecule has 0 fully saturated rings. The number of carboxylic acids is 1. The molecule has 7 nitrogen and oxygen atoms in total. The first-order chi connectivity index (χ1) is 8.73. The predicted molar refractivity (Wildman–Crippen MR) is 67.9 cm³/mol. The van der Waals surface area contributed by atoms with Gasteiger partial charge in [-0.2, -0.15) is 4.98 Å². The SMILES string of the molecule is Cc1nc(=O)[nH]c(C)c1CC(=O)N(C)C(C)C(=O)O. The van der Waals surface area contributed by atoms with Crippen molar-refractivity contribution in [1.82, 2.24) is 14.9 Å². The Hall–Kier alpha value is -2.18. The summed E-state index contributed by atoms with van der Waals surface area (Å²) in [6.45, 7) is 4.76. The van der Waals surface area contributed by atoms with Crippen molar-refractivity contribution >= 4 is 11.9 Å².